The quantitative estimate of drug-likeness (QED) is 0.397. The first-order valence-electron chi connectivity index (χ1n) is 9.82. The third-order valence-electron chi connectivity index (χ3n) is 5.33. The number of benzene rings is 3. The molecule has 0 aliphatic heterocycles. The fraction of sp³-hybridized carbons (Fsp3) is 0.0769. The van der Waals surface area contributed by atoms with Crippen LogP contribution in [0.3, 0.4) is 0 Å². The van der Waals surface area contributed by atoms with Crippen LogP contribution in [-0.2, 0) is 6.42 Å². The van der Waals surface area contributed by atoms with E-state index >= 15 is 0 Å². The maximum Gasteiger partial charge on any atom is 0.102 e. The molecule has 0 N–H and O–H groups in total. The number of fused-ring (bicyclic) bond motifs is 1. The molecule has 29 heavy (non-hydrogen) atoms. The lowest BCUT2D eigenvalue weighted by molar-refractivity contribution is 0.663. The molecular weight excluding hydrogens is 354 g/mol. The van der Waals surface area contributed by atoms with Gasteiger partial charge in [-0.3, -0.25) is 4.98 Å². The Morgan fingerprint density at radius 1 is 0.724 bits per heavy atom. The van der Waals surface area contributed by atoms with Crippen molar-refractivity contribution in [1.82, 2.24) is 14.5 Å². The highest BCUT2D eigenvalue weighted by molar-refractivity contribution is 5.85. The van der Waals surface area contributed by atoms with Crippen LogP contribution in [0.1, 0.15) is 28.4 Å². The summed E-state index contributed by atoms with van der Waals surface area (Å²) in [5.74, 6) is 0. The zero-order valence-electron chi connectivity index (χ0n) is 16.0. The molecule has 5 aromatic rings. The monoisotopic (exact) mass is 375 g/mol. The summed E-state index contributed by atoms with van der Waals surface area (Å²) in [6.07, 6.45) is 8.52. The van der Waals surface area contributed by atoms with Gasteiger partial charge in [-0.2, -0.15) is 0 Å². The van der Waals surface area contributed by atoms with Crippen molar-refractivity contribution in [2.24, 2.45) is 0 Å². The second-order valence-electron chi connectivity index (χ2n) is 7.23. The number of imidazole rings is 1. The molecule has 0 aliphatic rings. The molecule has 5 rings (SSSR count). The predicted molar refractivity (Wildman–Crippen MR) is 117 cm³/mol. The fourth-order valence-electron chi connectivity index (χ4n) is 3.90. The van der Waals surface area contributed by atoms with Gasteiger partial charge in [-0.25, -0.2) is 4.98 Å². The molecule has 0 bridgehead atoms. The zero-order chi connectivity index (χ0) is 19.5. The molecule has 0 saturated carbocycles. The van der Waals surface area contributed by atoms with Crippen molar-refractivity contribution in [3.05, 3.63) is 132 Å². The lowest BCUT2D eigenvalue weighted by Gasteiger charge is -2.20. The van der Waals surface area contributed by atoms with E-state index in [1.807, 2.05) is 24.9 Å². The van der Waals surface area contributed by atoms with E-state index in [9.17, 15) is 0 Å². The Labute approximate surface area is 170 Å². The van der Waals surface area contributed by atoms with Crippen LogP contribution in [0.2, 0.25) is 0 Å². The average molecular weight is 375 g/mol. The minimum Gasteiger partial charge on any atom is -0.324 e. The highest BCUT2D eigenvalue weighted by Gasteiger charge is 2.19. The Balaban J connectivity index is 1.56. The highest BCUT2D eigenvalue weighted by Crippen LogP contribution is 2.30. The maximum absolute atomic E-state index is 4.78. The number of pyridine rings is 1. The van der Waals surface area contributed by atoms with Crippen molar-refractivity contribution in [1.29, 1.82) is 0 Å². The highest BCUT2D eigenvalue weighted by atomic mass is 15.1. The van der Waals surface area contributed by atoms with E-state index in [1.54, 1.807) is 0 Å². The van der Waals surface area contributed by atoms with E-state index in [4.69, 9.17) is 4.98 Å². The van der Waals surface area contributed by atoms with E-state index in [-0.39, 0.29) is 6.04 Å². The molecule has 3 heteroatoms. The van der Waals surface area contributed by atoms with Gasteiger partial charge in [0.2, 0.25) is 0 Å². The summed E-state index contributed by atoms with van der Waals surface area (Å²) in [6, 6.07) is 29.9. The van der Waals surface area contributed by atoms with Crippen molar-refractivity contribution in [3.63, 3.8) is 0 Å². The van der Waals surface area contributed by atoms with Crippen LogP contribution in [0.4, 0.5) is 0 Å². The van der Waals surface area contributed by atoms with Gasteiger partial charge < -0.3 is 4.57 Å². The second-order valence-corrected chi connectivity index (χ2v) is 7.23. The van der Waals surface area contributed by atoms with Crippen molar-refractivity contribution < 1.29 is 0 Å². The van der Waals surface area contributed by atoms with Crippen LogP contribution < -0.4 is 0 Å². The Hall–Kier alpha value is -3.72. The van der Waals surface area contributed by atoms with Gasteiger partial charge >= 0.3 is 0 Å². The topological polar surface area (TPSA) is 30.7 Å². The summed E-state index contributed by atoms with van der Waals surface area (Å²) < 4.78 is 2.13. The number of aromatic nitrogens is 3. The summed E-state index contributed by atoms with van der Waals surface area (Å²) in [6.45, 7) is 0. The fourth-order valence-corrected chi connectivity index (χ4v) is 3.90. The Kier molecular flexibility index (Phi) is 4.63. The summed E-state index contributed by atoms with van der Waals surface area (Å²) in [5, 5.41) is 2.37. The van der Waals surface area contributed by atoms with Crippen LogP contribution in [-0.4, -0.2) is 14.5 Å². The normalized spacial score (nSPS) is 12.1. The lowest BCUT2D eigenvalue weighted by atomic mass is 9.96. The number of hydrogen-bond donors (Lipinski definition) is 0. The van der Waals surface area contributed by atoms with Crippen molar-refractivity contribution in [2.45, 2.75) is 12.5 Å². The summed E-state index contributed by atoms with van der Waals surface area (Å²) in [5.41, 5.74) is 4.86. The van der Waals surface area contributed by atoms with Gasteiger partial charge in [-0.05, 0) is 34.6 Å². The summed E-state index contributed by atoms with van der Waals surface area (Å²) in [4.78, 5) is 9.06. The van der Waals surface area contributed by atoms with Crippen molar-refractivity contribution in [3.8, 4) is 0 Å². The molecule has 0 saturated heterocycles. The summed E-state index contributed by atoms with van der Waals surface area (Å²) >= 11 is 0. The standard InChI is InChI=1S/C26H21N3/c1-2-6-20(7-3-1)18-21-10-12-23(13-11-21)26(29-17-16-27-19-29)25-24-9-5-4-8-22(24)14-15-28-25/h1-17,19,26H,18H2. The molecule has 0 radical (unpaired) electrons. The van der Waals surface area contributed by atoms with Gasteiger partial charge in [-0.15, -0.1) is 0 Å². The zero-order valence-corrected chi connectivity index (χ0v) is 16.0. The van der Waals surface area contributed by atoms with Gasteiger partial charge in [0.25, 0.3) is 0 Å². The van der Waals surface area contributed by atoms with Gasteiger partial charge in [0.15, 0.2) is 0 Å². The van der Waals surface area contributed by atoms with Gasteiger partial charge in [0.1, 0.15) is 6.04 Å². The van der Waals surface area contributed by atoms with Gasteiger partial charge in [0.05, 0.1) is 12.0 Å². The lowest BCUT2D eigenvalue weighted by Crippen LogP contribution is -2.13. The first kappa shape index (κ1) is 17.4. The average Bonchev–Trinajstić information content (AvgIpc) is 3.30. The van der Waals surface area contributed by atoms with Crippen molar-refractivity contribution in [2.75, 3.05) is 0 Å². The predicted octanol–water partition coefficient (Wildman–Crippen LogP) is 5.66. The Morgan fingerprint density at radius 3 is 2.28 bits per heavy atom. The van der Waals surface area contributed by atoms with Crippen molar-refractivity contribution >= 4 is 10.8 Å². The molecule has 0 spiro atoms. The number of hydrogen-bond acceptors (Lipinski definition) is 2. The van der Waals surface area contributed by atoms with Crippen LogP contribution >= 0.6 is 0 Å². The Morgan fingerprint density at radius 2 is 1.48 bits per heavy atom. The van der Waals surface area contributed by atoms with E-state index in [1.165, 1.54) is 27.5 Å². The smallest absolute Gasteiger partial charge is 0.102 e. The van der Waals surface area contributed by atoms with Crippen LogP contribution in [0.15, 0.2) is 110 Å². The molecule has 2 heterocycles. The summed E-state index contributed by atoms with van der Waals surface area (Å²) in [7, 11) is 0. The van der Waals surface area contributed by atoms with Crippen LogP contribution in [0, 0.1) is 0 Å². The largest absolute Gasteiger partial charge is 0.324 e. The third-order valence-corrected chi connectivity index (χ3v) is 5.33. The van der Waals surface area contributed by atoms with Crippen LogP contribution in [0.25, 0.3) is 10.8 Å². The molecule has 0 amide bonds. The molecule has 3 nitrogen and oxygen atoms in total. The first-order chi connectivity index (χ1) is 14.4. The molecule has 1 atom stereocenters. The molecule has 1 unspecified atom stereocenters. The van der Waals surface area contributed by atoms with Crippen LogP contribution in [0.5, 0.6) is 0 Å². The third kappa shape index (κ3) is 3.55. The SMILES string of the molecule is c1ccc(Cc2ccc(C(c3nccc4ccccc34)n3ccnc3)cc2)cc1. The molecule has 2 aromatic heterocycles. The minimum atomic E-state index is -0.0191. The minimum absolute atomic E-state index is 0.0191. The van der Waals surface area contributed by atoms with E-state index in [2.05, 4.69) is 94.5 Å². The van der Waals surface area contributed by atoms with E-state index in [0.717, 1.165) is 12.1 Å². The number of rotatable bonds is 5. The second kappa shape index (κ2) is 7.72. The molecular formula is C26H21N3. The van der Waals surface area contributed by atoms with E-state index in [0.29, 0.717) is 0 Å². The molecule has 0 aliphatic carbocycles. The first-order valence-corrected chi connectivity index (χ1v) is 9.82. The van der Waals surface area contributed by atoms with Gasteiger partial charge in [-0.1, -0.05) is 78.9 Å². The molecule has 0 fully saturated rings. The van der Waals surface area contributed by atoms with Gasteiger partial charge in [0, 0.05) is 24.0 Å². The Bertz CT molecular complexity index is 1200. The molecule has 140 valence electrons. The molecule has 3 aromatic carbocycles. The maximum atomic E-state index is 4.78. The van der Waals surface area contributed by atoms with E-state index < -0.39 is 0 Å². The number of nitrogens with zero attached hydrogens (tertiary/aromatic N) is 3.